The minimum atomic E-state index is 0.171. The van der Waals surface area contributed by atoms with Gasteiger partial charge in [-0.2, -0.15) is 0 Å². The van der Waals surface area contributed by atoms with E-state index in [1.165, 1.54) is 11.8 Å². The quantitative estimate of drug-likeness (QED) is 0.866. The van der Waals surface area contributed by atoms with E-state index in [9.17, 15) is 4.79 Å². The maximum atomic E-state index is 12.9. The summed E-state index contributed by atoms with van der Waals surface area (Å²) in [6, 6.07) is 8.17. The molecule has 1 aromatic heterocycles. The van der Waals surface area contributed by atoms with Gasteiger partial charge in [0.05, 0.1) is 11.4 Å². The van der Waals surface area contributed by atoms with Crippen LogP contribution in [0.2, 0.25) is 0 Å². The molecule has 5 nitrogen and oxygen atoms in total. The molecule has 2 aliphatic rings. The van der Waals surface area contributed by atoms with Gasteiger partial charge >= 0.3 is 0 Å². The highest BCUT2D eigenvalue weighted by Gasteiger charge is 2.37. The summed E-state index contributed by atoms with van der Waals surface area (Å²) >= 11 is 0. The SMILES string of the molecule is C[C@@H]1C[C@H](c2ccc(C=N)c3ncccc23)CN(C(=O)C2CN(C)C2)C1. The Kier molecular flexibility index (Phi) is 4.49. The standard InChI is InChI=1S/C21H26N4O/c1-14-8-16(13-25(10-14)21(26)17-11-24(2)12-17)18-6-5-15(9-22)20-19(18)4-3-7-23-20/h3-7,9,14,16-17,22H,8,10-13H2,1-2H3/t14-,16+/m1/s1. The van der Waals surface area contributed by atoms with Gasteiger partial charge in [0.2, 0.25) is 5.91 Å². The number of rotatable bonds is 3. The summed E-state index contributed by atoms with van der Waals surface area (Å²) in [5, 5.41) is 8.74. The first-order valence-electron chi connectivity index (χ1n) is 9.42. The van der Waals surface area contributed by atoms with Crippen LogP contribution in [0.3, 0.4) is 0 Å². The molecule has 0 aliphatic carbocycles. The van der Waals surface area contributed by atoms with Crippen molar-refractivity contribution in [3.63, 3.8) is 0 Å². The first-order valence-corrected chi connectivity index (χ1v) is 9.42. The van der Waals surface area contributed by atoms with Crippen molar-refractivity contribution in [1.29, 1.82) is 5.41 Å². The van der Waals surface area contributed by atoms with Crippen molar-refractivity contribution in [2.75, 3.05) is 33.2 Å². The molecule has 2 aromatic rings. The number of hydrogen-bond acceptors (Lipinski definition) is 4. The van der Waals surface area contributed by atoms with Gasteiger partial charge in [0.15, 0.2) is 0 Å². The predicted molar refractivity (Wildman–Crippen MR) is 104 cm³/mol. The molecule has 4 rings (SSSR count). The molecule has 2 atom stereocenters. The number of carbonyl (C=O) groups is 1. The average molecular weight is 350 g/mol. The molecule has 0 saturated carbocycles. The lowest BCUT2D eigenvalue weighted by Crippen LogP contribution is -2.55. The third-order valence-corrected chi connectivity index (χ3v) is 5.81. The maximum absolute atomic E-state index is 12.9. The summed E-state index contributed by atoms with van der Waals surface area (Å²) in [6.45, 7) is 5.66. The molecule has 1 aromatic carbocycles. The smallest absolute Gasteiger partial charge is 0.228 e. The van der Waals surface area contributed by atoms with Crippen molar-refractivity contribution in [3.8, 4) is 0 Å². The van der Waals surface area contributed by atoms with Crippen LogP contribution in [0.1, 0.15) is 30.4 Å². The molecule has 0 spiro atoms. The van der Waals surface area contributed by atoms with E-state index in [-0.39, 0.29) is 5.92 Å². The molecule has 0 radical (unpaired) electrons. The minimum absolute atomic E-state index is 0.171. The number of likely N-dealkylation sites (tertiary alicyclic amines) is 2. The van der Waals surface area contributed by atoms with Gasteiger partial charge in [-0.15, -0.1) is 0 Å². The van der Waals surface area contributed by atoms with Crippen molar-refractivity contribution in [1.82, 2.24) is 14.8 Å². The van der Waals surface area contributed by atoms with E-state index in [1.807, 2.05) is 12.1 Å². The van der Waals surface area contributed by atoms with Gasteiger partial charge in [-0.3, -0.25) is 9.78 Å². The van der Waals surface area contributed by atoms with E-state index >= 15 is 0 Å². The highest BCUT2D eigenvalue weighted by atomic mass is 16.2. The molecular formula is C21H26N4O. The van der Waals surface area contributed by atoms with Crippen LogP contribution in [0, 0.1) is 17.2 Å². The third kappa shape index (κ3) is 3.01. The zero-order valence-electron chi connectivity index (χ0n) is 15.5. The number of carbonyl (C=O) groups excluding carboxylic acids is 1. The highest BCUT2D eigenvalue weighted by Crippen LogP contribution is 2.35. The fraction of sp³-hybridized carbons (Fsp3) is 0.476. The van der Waals surface area contributed by atoms with Crippen LogP contribution in [-0.4, -0.2) is 60.1 Å². The molecule has 136 valence electrons. The third-order valence-electron chi connectivity index (χ3n) is 5.81. The Balaban J connectivity index is 1.64. The van der Waals surface area contributed by atoms with Crippen molar-refractivity contribution in [2.24, 2.45) is 11.8 Å². The molecule has 2 saturated heterocycles. The van der Waals surface area contributed by atoms with E-state index in [0.717, 1.165) is 49.1 Å². The Morgan fingerprint density at radius 3 is 2.77 bits per heavy atom. The van der Waals surface area contributed by atoms with Gasteiger partial charge in [0, 0.05) is 55.5 Å². The van der Waals surface area contributed by atoms with Crippen LogP contribution in [-0.2, 0) is 4.79 Å². The van der Waals surface area contributed by atoms with Gasteiger partial charge in [-0.1, -0.05) is 25.1 Å². The molecule has 26 heavy (non-hydrogen) atoms. The Morgan fingerprint density at radius 1 is 1.23 bits per heavy atom. The topological polar surface area (TPSA) is 60.3 Å². The first-order chi connectivity index (χ1) is 12.6. The average Bonchev–Trinajstić information content (AvgIpc) is 2.63. The zero-order chi connectivity index (χ0) is 18.3. The second-order valence-corrected chi connectivity index (χ2v) is 7.99. The molecule has 1 amide bonds. The Hall–Kier alpha value is -2.27. The molecule has 2 fully saturated rings. The van der Waals surface area contributed by atoms with E-state index in [0.29, 0.717) is 17.7 Å². The van der Waals surface area contributed by atoms with E-state index in [1.54, 1.807) is 6.20 Å². The maximum Gasteiger partial charge on any atom is 0.228 e. The molecule has 0 unspecified atom stereocenters. The molecule has 5 heteroatoms. The van der Waals surface area contributed by atoms with Crippen molar-refractivity contribution < 1.29 is 4.79 Å². The van der Waals surface area contributed by atoms with Crippen LogP contribution < -0.4 is 0 Å². The lowest BCUT2D eigenvalue weighted by atomic mass is 9.82. The summed E-state index contributed by atoms with van der Waals surface area (Å²) in [7, 11) is 2.06. The number of pyridine rings is 1. The van der Waals surface area contributed by atoms with E-state index < -0.39 is 0 Å². The van der Waals surface area contributed by atoms with Gasteiger partial charge in [0.25, 0.3) is 0 Å². The van der Waals surface area contributed by atoms with Crippen LogP contribution >= 0.6 is 0 Å². The molecule has 3 heterocycles. The zero-order valence-corrected chi connectivity index (χ0v) is 15.5. The van der Waals surface area contributed by atoms with Crippen LogP contribution in [0.15, 0.2) is 30.5 Å². The van der Waals surface area contributed by atoms with Gasteiger partial charge in [-0.05, 0) is 31.0 Å². The first kappa shape index (κ1) is 17.2. The fourth-order valence-electron chi connectivity index (χ4n) is 4.56. The molecule has 1 N–H and O–H groups in total. The van der Waals surface area contributed by atoms with Gasteiger partial charge in [0.1, 0.15) is 0 Å². The number of aromatic nitrogens is 1. The van der Waals surface area contributed by atoms with E-state index in [2.05, 4.69) is 40.9 Å². The van der Waals surface area contributed by atoms with Crippen molar-refractivity contribution in [3.05, 3.63) is 41.6 Å². The van der Waals surface area contributed by atoms with E-state index in [4.69, 9.17) is 5.41 Å². The Bertz CT molecular complexity index is 843. The number of hydrogen-bond donors (Lipinski definition) is 1. The van der Waals surface area contributed by atoms with Crippen LogP contribution in [0.5, 0.6) is 0 Å². The summed E-state index contributed by atoms with van der Waals surface area (Å²) in [5.41, 5.74) is 2.99. The summed E-state index contributed by atoms with van der Waals surface area (Å²) in [6.07, 6.45) is 4.24. The lowest BCUT2D eigenvalue weighted by molar-refractivity contribution is -0.142. The number of fused-ring (bicyclic) bond motifs is 1. The number of piperidine rings is 1. The van der Waals surface area contributed by atoms with Gasteiger partial charge in [-0.25, -0.2) is 0 Å². The van der Waals surface area contributed by atoms with Crippen LogP contribution in [0.25, 0.3) is 10.9 Å². The summed E-state index contributed by atoms with van der Waals surface area (Å²) in [4.78, 5) is 21.7. The monoisotopic (exact) mass is 350 g/mol. The molecule has 0 bridgehead atoms. The summed E-state index contributed by atoms with van der Waals surface area (Å²) < 4.78 is 0. The fourth-order valence-corrected chi connectivity index (χ4v) is 4.56. The van der Waals surface area contributed by atoms with Crippen molar-refractivity contribution >= 4 is 23.0 Å². The normalized spacial score (nSPS) is 24.5. The predicted octanol–water partition coefficient (Wildman–Crippen LogP) is 2.75. The summed E-state index contributed by atoms with van der Waals surface area (Å²) in [5.74, 6) is 1.31. The second-order valence-electron chi connectivity index (χ2n) is 7.99. The minimum Gasteiger partial charge on any atom is -0.341 e. The molecule has 2 aliphatic heterocycles. The number of amides is 1. The van der Waals surface area contributed by atoms with Crippen LogP contribution in [0.4, 0.5) is 0 Å². The Morgan fingerprint density at radius 2 is 2.04 bits per heavy atom. The number of benzene rings is 1. The number of nitrogens with zero attached hydrogens (tertiary/aromatic N) is 3. The largest absolute Gasteiger partial charge is 0.341 e. The number of nitrogens with one attached hydrogen (secondary N) is 1. The highest BCUT2D eigenvalue weighted by molar-refractivity contribution is 5.98. The lowest BCUT2D eigenvalue weighted by Gasteiger charge is -2.42. The second kappa shape index (κ2) is 6.80. The van der Waals surface area contributed by atoms with Gasteiger partial charge < -0.3 is 15.2 Å². The van der Waals surface area contributed by atoms with Crippen molar-refractivity contribution in [2.45, 2.75) is 19.3 Å². The molecular weight excluding hydrogens is 324 g/mol. The Labute approximate surface area is 154 Å².